The zero-order valence-corrected chi connectivity index (χ0v) is 18.2. The first-order valence-electron chi connectivity index (χ1n) is 9.64. The summed E-state index contributed by atoms with van der Waals surface area (Å²) in [5.74, 6) is 4.77. The fourth-order valence-electron chi connectivity index (χ4n) is 5.09. The zero-order valence-electron chi connectivity index (χ0n) is 16.1. The number of alkyl halides is 1. The first-order valence-corrected chi connectivity index (χ1v) is 10.9. The van der Waals surface area contributed by atoms with E-state index in [-0.39, 0.29) is 0 Å². The van der Waals surface area contributed by atoms with E-state index >= 15 is 0 Å². The minimum Gasteiger partial charge on any atom is -0.0820 e. The van der Waals surface area contributed by atoms with E-state index in [0.717, 1.165) is 33.5 Å². The fraction of sp³-hybridized carbons (Fsp3) is 1.00. The molecule has 0 aromatic rings. The summed E-state index contributed by atoms with van der Waals surface area (Å²) in [5.41, 5.74) is 0.909. The van der Waals surface area contributed by atoms with E-state index < -0.39 is 0 Å². The predicted octanol–water partition coefficient (Wildman–Crippen LogP) is 7.35. The summed E-state index contributed by atoms with van der Waals surface area (Å²) in [4.78, 5) is 0. The Kier molecular flexibility index (Phi) is 6.00. The van der Waals surface area contributed by atoms with Crippen molar-refractivity contribution in [3.05, 3.63) is 0 Å². The molecular formula is C21H39I. The summed E-state index contributed by atoms with van der Waals surface area (Å²) >= 11 is 2.82. The van der Waals surface area contributed by atoms with Gasteiger partial charge in [-0.05, 0) is 66.1 Å². The molecule has 1 heteroatoms. The summed E-state index contributed by atoms with van der Waals surface area (Å²) < 4.78 is 0.844. The van der Waals surface area contributed by atoms with E-state index in [4.69, 9.17) is 0 Å². The van der Waals surface area contributed by atoms with Crippen LogP contribution in [0.3, 0.4) is 0 Å². The first-order chi connectivity index (χ1) is 10.00. The molecular weight excluding hydrogens is 379 g/mol. The van der Waals surface area contributed by atoms with E-state index in [1.54, 1.807) is 0 Å². The summed E-state index contributed by atoms with van der Waals surface area (Å²) in [5, 5.41) is 0. The highest BCUT2D eigenvalue weighted by atomic mass is 127. The second-order valence-electron chi connectivity index (χ2n) is 10.6. The third-order valence-corrected chi connectivity index (χ3v) is 8.57. The van der Waals surface area contributed by atoms with E-state index in [2.05, 4.69) is 71.1 Å². The van der Waals surface area contributed by atoms with Gasteiger partial charge in [-0.15, -0.1) is 0 Å². The Hall–Kier alpha value is 0.730. The summed E-state index contributed by atoms with van der Waals surface area (Å²) in [7, 11) is 0. The Morgan fingerprint density at radius 2 is 1.09 bits per heavy atom. The quantitative estimate of drug-likeness (QED) is 0.308. The van der Waals surface area contributed by atoms with Crippen LogP contribution in [0.5, 0.6) is 0 Å². The van der Waals surface area contributed by atoms with Crippen LogP contribution in [0.1, 0.15) is 87.0 Å². The minimum atomic E-state index is 0.454. The Morgan fingerprint density at radius 3 is 1.45 bits per heavy atom. The van der Waals surface area contributed by atoms with Crippen molar-refractivity contribution in [2.45, 2.75) is 90.9 Å². The third-order valence-electron chi connectivity index (χ3n) is 6.83. The molecule has 0 aliphatic heterocycles. The molecule has 0 aromatic carbocycles. The van der Waals surface area contributed by atoms with Crippen LogP contribution in [0.15, 0.2) is 0 Å². The molecule has 0 bridgehead atoms. The van der Waals surface area contributed by atoms with E-state index in [0.29, 0.717) is 10.8 Å². The Morgan fingerprint density at radius 1 is 0.682 bits per heavy atom. The molecule has 0 nitrogen and oxygen atoms in total. The van der Waals surface area contributed by atoms with Crippen LogP contribution in [0.25, 0.3) is 0 Å². The van der Waals surface area contributed by atoms with Gasteiger partial charge in [0.25, 0.3) is 0 Å². The van der Waals surface area contributed by atoms with Gasteiger partial charge in [0.15, 0.2) is 0 Å². The largest absolute Gasteiger partial charge is 0.0820 e. The van der Waals surface area contributed by atoms with E-state index in [1.807, 2.05) is 0 Å². The van der Waals surface area contributed by atoms with Crippen LogP contribution < -0.4 is 0 Å². The lowest BCUT2D eigenvalue weighted by Crippen LogP contribution is -2.46. The molecule has 2 aliphatic carbocycles. The van der Waals surface area contributed by atoms with Gasteiger partial charge in [0.1, 0.15) is 0 Å². The highest BCUT2D eigenvalue weighted by Crippen LogP contribution is 2.54. The van der Waals surface area contributed by atoms with Gasteiger partial charge in [-0.2, -0.15) is 0 Å². The Bertz CT molecular complexity index is 327. The topological polar surface area (TPSA) is 0 Å². The lowest BCUT2D eigenvalue weighted by molar-refractivity contribution is 0.0310. The maximum absolute atomic E-state index is 2.82. The molecule has 2 rings (SSSR count). The Balaban J connectivity index is 2.17. The summed E-state index contributed by atoms with van der Waals surface area (Å²) in [6, 6.07) is 0. The third kappa shape index (κ3) is 4.42. The average molecular weight is 418 g/mol. The van der Waals surface area contributed by atoms with Crippen LogP contribution >= 0.6 is 22.6 Å². The summed E-state index contributed by atoms with van der Waals surface area (Å²) in [6.07, 6.45) is 8.95. The molecule has 130 valence electrons. The van der Waals surface area contributed by atoms with Crippen LogP contribution in [0.4, 0.5) is 0 Å². The van der Waals surface area contributed by atoms with Gasteiger partial charge < -0.3 is 0 Å². The molecule has 2 unspecified atom stereocenters. The Labute approximate surface area is 153 Å². The molecule has 0 spiro atoms. The van der Waals surface area contributed by atoms with Crippen molar-refractivity contribution in [1.82, 2.24) is 0 Å². The highest BCUT2D eigenvalue weighted by molar-refractivity contribution is 14.1. The molecule has 0 aromatic heterocycles. The number of halogens is 1. The molecule has 0 heterocycles. The smallest absolute Gasteiger partial charge is 0.0176 e. The molecule has 22 heavy (non-hydrogen) atoms. The average Bonchev–Trinajstić information content (AvgIpc) is 2.37. The molecule has 2 saturated carbocycles. The van der Waals surface area contributed by atoms with Crippen molar-refractivity contribution in [2.24, 2.45) is 40.4 Å². The van der Waals surface area contributed by atoms with Crippen LogP contribution in [-0.2, 0) is 0 Å². The normalized spacial score (nSPS) is 41.5. The lowest BCUT2D eigenvalue weighted by atomic mass is 9.57. The maximum Gasteiger partial charge on any atom is 0.0176 e. The standard InChI is InChI=1S/C21H39I/c1-14-8-10-15(11-9-14)16-12-17(20(2,3)4)19(22)18(13-16)21(5,6)7/h14-19H,8-13H2,1-7H3. The van der Waals surface area contributed by atoms with Crippen molar-refractivity contribution >= 4 is 22.6 Å². The predicted molar refractivity (Wildman–Crippen MR) is 108 cm³/mol. The van der Waals surface area contributed by atoms with Gasteiger partial charge in [0.05, 0.1) is 0 Å². The second-order valence-corrected chi connectivity index (χ2v) is 12.1. The molecule has 0 saturated heterocycles. The first kappa shape index (κ1) is 19.1. The van der Waals surface area contributed by atoms with Gasteiger partial charge >= 0.3 is 0 Å². The van der Waals surface area contributed by atoms with Crippen molar-refractivity contribution in [3.8, 4) is 0 Å². The van der Waals surface area contributed by atoms with Crippen molar-refractivity contribution in [2.75, 3.05) is 0 Å². The molecule has 0 N–H and O–H groups in total. The van der Waals surface area contributed by atoms with Crippen molar-refractivity contribution in [3.63, 3.8) is 0 Å². The van der Waals surface area contributed by atoms with Gasteiger partial charge in [-0.1, -0.05) is 83.9 Å². The lowest BCUT2D eigenvalue weighted by Gasteiger charge is -2.51. The van der Waals surface area contributed by atoms with Crippen LogP contribution in [0, 0.1) is 40.4 Å². The SMILES string of the molecule is CC1CCC(C2CC(C(C)(C)C)C(I)C(C(C)(C)C)C2)CC1. The number of hydrogen-bond donors (Lipinski definition) is 0. The van der Waals surface area contributed by atoms with Crippen molar-refractivity contribution < 1.29 is 0 Å². The minimum absolute atomic E-state index is 0.454. The van der Waals surface area contributed by atoms with Crippen LogP contribution in [0.2, 0.25) is 0 Å². The molecule has 0 radical (unpaired) electrons. The molecule has 2 aliphatic rings. The number of rotatable bonds is 1. The molecule has 2 fully saturated rings. The van der Waals surface area contributed by atoms with Gasteiger partial charge in [-0.25, -0.2) is 0 Å². The van der Waals surface area contributed by atoms with Crippen molar-refractivity contribution in [1.29, 1.82) is 0 Å². The molecule has 2 atom stereocenters. The monoisotopic (exact) mass is 418 g/mol. The van der Waals surface area contributed by atoms with E-state index in [1.165, 1.54) is 38.5 Å². The zero-order chi connectivity index (χ0) is 16.7. The highest BCUT2D eigenvalue weighted by Gasteiger charge is 2.47. The molecule has 0 amide bonds. The number of hydrogen-bond acceptors (Lipinski definition) is 0. The summed E-state index contributed by atoms with van der Waals surface area (Å²) in [6.45, 7) is 17.3. The van der Waals surface area contributed by atoms with Crippen LogP contribution in [-0.4, -0.2) is 3.92 Å². The van der Waals surface area contributed by atoms with E-state index in [9.17, 15) is 0 Å². The fourth-order valence-corrected chi connectivity index (χ4v) is 7.84. The van der Waals surface area contributed by atoms with Gasteiger partial charge in [0.2, 0.25) is 0 Å². The second kappa shape index (κ2) is 6.92. The van der Waals surface area contributed by atoms with Gasteiger partial charge in [0, 0.05) is 3.92 Å². The van der Waals surface area contributed by atoms with Gasteiger partial charge in [-0.3, -0.25) is 0 Å². The maximum atomic E-state index is 2.82.